The number of ether oxygens (including phenoxy) is 6. The topological polar surface area (TPSA) is 398 Å². The molecule has 1 saturated carbocycles. The lowest BCUT2D eigenvalue weighted by Crippen LogP contribution is -2.45. The van der Waals surface area contributed by atoms with E-state index in [1.54, 1.807) is 62.3 Å². The predicted octanol–water partition coefficient (Wildman–Crippen LogP) is 7.48. The first kappa shape index (κ1) is 84.3. The lowest BCUT2D eigenvalue weighted by Gasteiger charge is -2.39. The number of rotatable bonds is 25. The Labute approximate surface area is 520 Å². The molecular weight excluding hydrogens is 1170 g/mol. The summed E-state index contributed by atoms with van der Waals surface area (Å²) >= 11 is 0. The molecule has 0 radical (unpaired) electrons. The van der Waals surface area contributed by atoms with E-state index in [-0.39, 0.29) is 84.3 Å². The van der Waals surface area contributed by atoms with Crippen LogP contribution < -0.4 is 0 Å². The maximum absolute atomic E-state index is 11.4. The summed E-state index contributed by atoms with van der Waals surface area (Å²) in [5.41, 5.74) is -5.37. The fourth-order valence-electron chi connectivity index (χ4n) is 7.55. The Bertz CT molecular complexity index is 2300. The monoisotopic (exact) mass is 1270 g/mol. The molecule has 2 aliphatic heterocycles. The van der Waals surface area contributed by atoms with Crippen molar-refractivity contribution >= 4 is 72.3 Å². The number of carboxylic acids is 6. The van der Waals surface area contributed by atoms with Crippen molar-refractivity contribution in [3.63, 3.8) is 0 Å². The largest absolute Gasteiger partial charge is 0.481 e. The molecule has 2 atom stereocenters. The van der Waals surface area contributed by atoms with E-state index >= 15 is 0 Å². The molecule has 29 heteroatoms. The number of hydrogen-bond donors (Lipinski definition) is 6. The van der Waals surface area contributed by atoms with E-state index in [1.165, 1.54) is 82.1 Å². The third-order valence-electron chi connectivity index (χ3n) is 13.3. The second kappa shape index (κ2) is 39.8. The van der Waals surface area contributed by atoms with Gasteiger partial charge in [-0.3, -0.25) is 33.6 Å². The van der Waals surface area contributed by atoms with Crippen LogP contribution in [0, 0.1) is 38.4 Å². The fourth-order valence-corrected chi connectivity index (χ4v) is 7.55. The zero-order chi connectivity index (χ0) is 69.9. The molecular formula is C60H95N5O24. The Kier molecular flexibility index (Phi) is 37.7. The lowest BCUT2D eigenvalue weighted by molar-refractivity contribution is -0.166. The molecule has 504 valence electrons. The summed E-state index contributed by atoms with van der Waals surface area (Å²) in [6.45, 7) is 37.1. The van der Waals surface area contributed by atoms with Gasteiger partial charge in [-0.25, -0.2) is 24.0 Å². The lowest BCUT2D eigenvalue weighted by atomic mass is 9.63. The van der Waals surface area contributed by atoms with Crippen LogP contribution in [-0.4, -0.2) is 234 Å². The summed E-state index contributed by atoms with van der Waals surface area (Å²) in [5, 5.41) is 53.3. The summed E-state index contributed by atoms with van der Waals surface area (Å²) in [6, 6.07) is 0. The second-order valence-corrected chi connectivity index (χ2v) is 23.4. The van der Waals surface area contributed by atoms with Gasteiger partial charge in [0.15, 0.2) is 0 Å². The number of hydrogen-bond acceptors (Lipinski definition) is 18. The Balaban J connectivity index is -0.000000997. The molecule has 2 heterocycles. The van der Waals surface area contributed by atoms with Gasteiger partial charge in [0.2, 0.25) is 0 Å². The molecule has 3 aliphatic rings. The molecule has 2 saturated heterocycles. The van der Waals surface area contributed by atoms with Gasteiger partial charge in [0.25, 0.3) is 0 Å². The van der Waals surface area contributed by atoms with E-state index in [9.17, 15) is 57.5 Å². The molecule has 0 aromatic rings. The first-order chi connectivity index (χ1) is 40.9. The van der Waals surface area contributed by atoms with Crippen LogP contribution in [0.2, 0.25) is 0 Å². The third kappa shape index (κ3) is 31.5. The second-order valence-electron chi connectivity index (χ2n) is 23.4. The SMILES string of the molecule is C=CCOC(=O)C1CC(C)(C(=O)O)C1.C=CCOC(=O)N(C)CC(C)(C)C(=O)O.C=CCOC(=O)N(C)CC(C)(C)C(=O)O.C=CCOC(=O)N(C)CC(C)(C)C(=O)O.C=CCOC(=O)N1CC[C@@](C)(C(=O)O)C1.C=CCOC(=O)N1CC[C@](C)(C(=O)O)C1. The number of aliphatic carboxylic acids is 6. The standard InChI is InChI=1S/2C10H15NO4.3C10H17NO4.C10H14O4/c2*1-3-6-15-9(14)11-5-4-10(2,7-11)8(12)13;3*1-5-6-15-9(14)11(4)7-10(2,3)8(12)13;1-3-4-14-8(11)7-5-10(2,6-7)9(12)13/h2*3H,1,4-7H2,2H3,(H,12,13);3*5H,1,6-7H2,2-4H3,(H,12,13);3,7H,1,4-6H2,2H3,(H,12,13)/t2*10-;;;;/m10..../s1. The summed E-state index contributed by atoms with van der Waals surface area (Å²) in [6.07, 6.45) is 7.88. The van der Waals surface area contributed by atoms with E-state index in [4.69, 9.17) is 59.1 Å². The average molecular weight is 1270 g/mol. The van der Waals surface area contributed by atoms with Crippen molar-refractivity contribution in [3.05, 3.63) is 75.9 Å². The Hall–Kier alpha value is -8.92. The number of carboxylic acid groups (broad SMARTS) is 6. The van der Waals surface area contributed by atoms with Gasteiger partial charge in [-0.05, 0) is 88.0 Å². The Morgan fingerprint density at radius 3 is 0.876 bits per heavy atom. The van der Waals surface area contributed by atoms with Gasteiger partial charge >= 0.3 is 72.3 Å². The minimum atomic E-state index is -0.984. The predicted molar refractivity (Wildman–Crippen MR) is 323 cm³/mol. The molecule has 5 amide bonds. The van der Waals surface area contributed by atoms with Gasteiger partial charge in [-0.1, -0.05) is 75.9 Å². The molecule has 0 aromatic heterocycles. The quantitative estimate of drug-likeness (QED) is 0.0293. The highest BCUT2D eigenvalue weighted by Gasteiger charge is 2.50. The van der Waals surface area contributed by atoms with Crippen LogP contribution in [0.3, 0.4) is 0 Å². The van der Waals surface area contributed by atoms with Gasteiger partial charge in [-0.2, -0.15) is 0 Å². The van der Waals surface area contributed by atoms with Gasteiger partial charge in [-0.15, -0.1) is 0 Å². The number of nitrogens with zero attached hydrogens (tertiary/aromatic N) is 5. The van der Waals surface area contributed by atoms with Crippen molar-refractivity contribution < 1.29 is 117 Å². The maximum atomic E-state index is 11.4. The summed E-state index contributed by atoms with van der Waals surface area (Å²) in [5.74, 6) is -6.02. The molecule has 6 N–H and O–H groups in total. The minimum Gasteiger partial charge on any atom is -0.481 e. The first-order valence-electron chi connectivity index (χ1n) is 27.6. The summed E-state index contributed by atoms with van der Waals surface area (Å²) < 4.78 is 28.7. The van der Waals surface area contributed by atoms with Crippen molar-refractivity contribution in [2.24, 2.45) is 38.4 Å². The molecule has 1 aliphatic carbocycles. The molecule has 3 fully saturated rings. The number of carbonyl (C=O) groups is 12. The smallest absolute Gasteiger partial charge is 0.410 e. The number of esters is 1. The number of carbonyl (C=O) groups excluding carboxylic acids is 6. The van der Waals surface area contributed by atoms with E-state index in [2.05, 4.69) is 39.5 Å². The fraction of sp³-hybridized carbons (Fsp3) is 0.600. The van der Waals surface area contributed by atoms with E-state index in [0.717, 1.165) is 0 Å². The highest BCUT2D eigenvalue weighted by molar-refractivity contribution is 5.82. The van der Waals surface area contributed by atoms with Crippen molar-refractivity contribution in [1.82, 2.24) is 24.5 Å². The van der Waals surface area contributed by atoms with Crippen LogP contribution >= 0.6 is 0 Å². The number of amides is 5. The van der Waals surface area contributed by atoms with Crippen molar-refractivity contribution in [1.29, 1.82) is 0 Å². The van der Waals surface area contributed by atoms with Gasteiger partial charge in [0.1, 0.15) is 39.6 Å². The zero-order valence-corrected chi connectivity index (χ0v) is 53.6. The molecule has 0 spiro atoms. The minimum absolute atomic E-state index is 0.0955. The highest BCUT2D eigenvalue weighted by atomic mass is 16.6. The molecule has 0 unspecified atom stereocenters. The Morgan fingerprint density at radius 1 is 0.427 bits per heavy atom. The van der Waals surface area contributed by atoms with Crippen molar-refractivity contribution in [2.45, 2.75) is 88.0 Å². The van der Waals surface area contributed by atoms with E-state index < -0.39 is 98.8 Å². The van der Waals surface area contributed by atoms with Crippen LogP contribution in [0.4, 0.5) is 24.0 Å². The van der Waals surface area contributed by atoms with Crippen LogP contribution in [-0.2, 0) is 62.0 Å². The van der Waals surface area contributed by atoms with Gasteiger partial charge < -0.3 is 83.6 Å². The summed E-state index contributed by atoms with van der Waals surface area (Å²) in [7, 11) is 4.49. The van der Waals surface area contributed by atoms with Crippen molar-refractivity contribution in [3.8, 4) is 0 Å². The molecule has 89 heavy (non-hydrogen) atoms. The maximum Gasteiger partial charge on any atom is 0.410 e. The van der Waals surface area contributed by atoms with Gasteiger partial charge in [0, 0.05) is 67.0 Å². The zero-order valence-electron chi connectivity index (χ0n) is 53.6. The molecule has 0 bridgehead atoms. The third-order valence-corrected chi connectivity index (χ3v) is 13.3. The average Bonchev–Trinajstić information content (AvgIpc) is 2.14. The number of likely N-dealkylation sites (tertiary alicyclic amines) is 2. The normalized spacial score (nSPS) is 18.5. The summed E-state index contributed by atoms with van der Waals surface area (Å²) in [4.78, 5) is 139. The van der Waals surface area contributed by atoms with Gasteiger partial charge in [0.05, 0.1) is 38.4 Å². The van der Waals surface area contributed by atoms with Crippen LogP contribution in [0.15, 0.2) is 75.9 Å². The van der Waals surface area contributed by atoms with E-state index in [1.807, 2.05) is 0 Å². The van der Waals surface area contributed by atoms with Crippen LogP contribution in [0.25, 0.3) is 0 Å². The molecule has 29 nitrogen and oxygen atoms in total. The van der Waals surface area contributed by atoms with E-state index in [0.29, 0.717) is 38.8 Å². The van der Waals surface area contributed by atoms with Crippen LogP contribution in [0.1, 0.15) is 88.0 Å². The molecule has 3 rings (SSSR count). The highest BCUT2D eigenvalue weighted by Crippen LogP contribution is 2.46. The van der Waals surface area contributed by atoms with Crippen LogP contribution in [0.5, 0.6) is 0 Å². The van der Waals surface area contributed by atoms with Crippen molar-refractivity contribution in [2.75, 3.05) is 107 Å². The first-order valence-corrected chi connectivity index (χ1v) is 27.6. The Morgan fingerprint density at radius 2 is 0.663 bits per heavy atom. The molecule has 0 aromatic carbocycles.